The van der Waals surface area contributed by atoms with Crippen molar-refractivity contribution in [1.29, 1.82) is 0 Å². The van der Waals surface area contributed by atoms with Crippen LogP contribution < -0.4 is 0 Å². The van der Waals surface area contributed by atoms with Crippen molar-refractivity contribution in [2.75, 3.05) is 0 Å². The number of rotatable bonds is 2. The SMILES string of the molecule is Cc1c([N+](=O)[O-])c(Br)c(O)c(Br)c1[N+](=O)[O-]. The number of aromatic hydroxyl groups is 1. The highest BCUT2D eigenvalue weighted by molar-refractivity contribution is 9.11. The lowest BCUT2D eigenvalue weighted by Gasteiger charge is -2.06. The van der Waals surface area contributed by atoms with E-state index in [-0.39, 0.29) is 14.5 Å². The minimum atomic E-state index is -0.793. The summed E-state index contributed by atoms with van der Waals surface area (Å²) >= 11 is 5.64. The summed E-state index contributed by atoms with van der Waals surface area (Å²) in [6, 6.07) is 0. The molecule has 0 saturated heterocycles. The van der Waals surface area contributed by atoms with Crippen LogP contribution in [0, 0.1) is 27.2 Å². The van der Waals surface area contributed by atoms with Crippen molar-refractivity contribution in [2.24, 2.45) is 0 Å². The predicted octanol–water partition coefficient (Wildman–Crippen LogP) is 3.04. The van der Waals surface area contributed by atoms with Crippen molar-refractivity contribution in [3.05, 3.63) is 34.7 Å². The van der Waals surface area contributed by atoms with Crippen LogP contribution in [0.2, 0.25) is 0 Å². The lowest BCUT2D eigenvalue weighted by molar-refractivity contribution is -0.396. The summed E-state index contributed by atoms with van der Waals surface area (Å²) in [6.07, 6.45) is 0. The summed E-state index contributed by atoms with van der Waals surface area (Å²) in [5.41, 5.74) is -1.17. The van der Waals surface area contributed by atoms with E-state index in [2.05, 4.69) is 31.9 Å². The maximum atomic E-state index is 10.7. The van der Waals surface area contributed by atoms with Crippen molar-refractivity contribution in [3.8, 4) is 5.75 Å². The molecule has 0 amide bonds. The Morgan fingerprint density at radius 1 is 1.06 bits per heavy atom. The maximum Gasteiger partial charge on any atom is 0.297 e. The van der Waals surface area contributed by atoms with Crippen LogP contribution in [-0.2, 0) is 0 Å². The molecule has 1 aromatic carbocycles. The van der Waals surface area contributed by atoms with Gasteiger partial charge in [0.2, 0.25) is 0 Å². The van der Waals surface area contributed by atoms with Crippen LogP contribution in [0.5, 0.6) is 5.75 Å². The highest BCUT2D eigenvalue weighted by atomic mass is 79.9. The molecule has 1 N–H and O–H groups in total. The summed E-state index contributed by atoms with van der Waals surface area (Å²) in [5, 5.41) is 30.9. The average Bonchev–Trinajstić information content (AvgIpc) is 2.13. The molecule has 0 atom stereocenters. The second kappa shape index (κ2) is 4.34. The van der Waals surface area contributed by atoms with Gasteiger partial charge in [-0.3, -0.25) is 20.2 Å². The fraction of sp³-hybridized carbons (Fsp3) is 0.143. The molecule has 0 radical (unpaired) electrons. The molecule has 0 unspecified atom stereocenters. The Bertz CT molecular complexity index is 461. The third kappa shape index (κ3) is 1.87. The number of hydrogen-bond donors (Lipinski definition) is 1. The molecule has 86 valence electrons. The van der Waals surface area contributed by atoms with Crippen molar-refractivity contribution >= 4 is 43.2 Å². The van der Waals surface area contributed by atoms with Crippen LogP contribution in [0.4, 0.5) is 11.4 Å². The Morgan fingerprint density at radius 2 is 1.38 bits per heavy atom. The number of nitro benzene ring substituents is 2. The normalized spacial score (nSPS) is 10.2. The van der Waals surface area contributed by atoms with Gasteiger partial charge in [0, 0.05) is 0 Å². The molecule has 0 aliphatic rings. The molecule has 0 aliphatic carbocycles. The van der Waals surface area contributed by atoms with E-state index in [4.69, 9.17) is 0 Å². The lowest BCUT2D eigenvalue weighted by Crippen LogP contribution is -2.00. The average molecular weight is 356 g/mol. The second-order valence-corrected chi connectivity index (χ2v) is 4.40. The van der Waals surface area contributed by atoms with Gasteiger partial charge in [0.25, 0.3) is 11.4 Å². The minimum Gasteiger partial charge on any atom is -0.505 e. The standard InChI is InChI=1S/C7H4Br2N2O5/c1-2-5(10(13)14)3(8)7(12)4(9)6(2)11(15)16/h12H,1H3. The second-order valence-electron chi connectivity index (χ2n) is 2.81. The van der Waals surface area contributed by atoms with Crippen molar-refractivity contribution < 1.29 is 15.0 Å². The van der Waals surface area contributed by atoms with Crippen LogP contribution in [0.1, 0.15) is 5.56 Å². The van der Waals surface area contributed by atoms with Crippen molar-refractivity contribution in [3.63, 3.8) is 0 Å². The maximum absolute atomic E-state index is 10.7. The third-order valence-electron chi connectivity index (χ3n) is 1.91. The monoisotopic (exact) mass is 354 g/mol. The van der Waals surface area contributed by atoms with Gasteiger partial charge in [-0.05, 0) is 38.8 Å². The van der Waals surface area contributed by atoms with E-state index in [9.17, 15) is 25.3 Å². The van der Waals surface area contributed by atoms with Gasteiger partial charge in [0.1, 0.15) is 14.5 Å². The molecule has 1 rings (SSSR count). The highest BCUT2D eigenvalue weighted by Gasteiger charge is 2.32. The summed E-state index contributed by atoms with van der Waals surface area (Å²) in [7, 11) is 0. The van der Waals surface area contributed by atoms with Gasteiger partial charge in [-0.2, -0.15) is 0 Å². The summed E-state index contributed by atoms with van der Waals surface area (Å²) in [6.45, 7) is 1.24. The number of nitrogens with zero attached hydrogens (tertiary/aromatic N) is 2. The van der Waals surface area contributed by atoms with E-state index in [1.54, 1.807) is 0 Å². The molecule has 0 fully saturated rings. The van der Waals surface area contributed by atoms with E-state index in [0.29, 0.717) is 0 Å². The molecule has 1 aromatic rings. The number of benzene rings is 1. The topological polar surface area (TPSA) is 107 Å². The lowest BCUT2D eigenvalue weighted by atomic mass is 10.1. The van der Waals surface area contributed by atoms with Gasteiger partial charge >= 0.3 is 0 Å². The van der Waals surface area contributed by atoms with Gasteiger partial charge < -0.3 is 5.11 Å². The Morgan fingerprint density at radius 3 is 1.62 bits per heavy atom. The Hall–Kier alpha value is -1.22. The van der Waals surface area contributed by atoms with Crippen LogP contribution in [0.25, 0.3) is 0 Å². The number of halogens is 2. The quantitative estimate of drug-likeness (QED) is 0.648. The number of phenolic OH excluding ortho intramolecular Hbond substituents is 1. The van der Waals surface area contributed by atoms with Gasteiger partial charge in [0.15, 0.2) is 5.75 Å². The van der Waals surface area contributed by atoms with Crippen molar-refractivity contribution in [1.82, 2.24) is 0 Å². The van der Waals surface area contributed by atoms with E-state index < -0.39 is 27.0 Å². The highest BCUT2D eigenvalue weighted by Crippen LogP contribution is 2.47. The first-order chi connectivity index (χ1) is 7.29. The van der Waals surface area contributed by atoms with Gasteiger partial charge in [-0.25, -0.2) is 0 Å². The first kappa shape index (κ1) is 12.8. The van der Waals surface area contributed by atoms with E-state index >= 15 is 0 Å². The number of nitro groups is 2. The molecule has 16 heavy (non-hydrogen) atoms. The molecular formula is C7H4Br2N2O5. The molecule has 9 heteroatoms. The molecule has 0 bridgehead atoms. The van der Waals surface area contributed by atoms with E-state index in [0.717, 1.165) is 0 Å². The number of phenols is 1. The van der Waals surface area contributed by atoms with Gasteiger partial charge in [-0.1, -0.05) is 0 Å². The first-order valence-electron chi connectivity index (χ1n) is 3.78. The Labute approximate surface area is 106 Å². The first-order valence-corrected chi connectivity index (χ1v) is 5.37. The van der Waals surface area contributed by atoms with Gasteiger partial charge in [0.05, 0.1) is 9.85 Å². The number of hydrogen-bond acceptors (Lipinski definition) is 5. The Kier molecular flexibility index (Phi) is 3.48. The fourth-order valence-corrected chi connectivity index (χ4v) is 2.74. The zero-order valence-corrected chi connectivity index (χ0v) is 10.9. The predicted molar refractivity (Wildman–Crippen MR) is 61.6 cm³/mol. The molecule has 0 aromatic heterocycles. The van der Waals surface area contributed by atoms with Gasteiger partial charge in [-0.15, -0.1) is 0 Å². The molecule has 7 nitrogen and oxygen atoms in total. The van der Waals surface area contributed by atoms with Crippen LogP contribution >= 0.6 is 31.9 Å². The summed E-state index contributed by atoms with van der Waals surface area (Å²) in [5.74, 6) is -0.566. The molecular weight excluding hydrogens is 352 g/mol. The fourth-order valence-electron chi connectivity index (χ4n) is 1.20. The minimum absolute atomic E-state index is 0.133. The zero-order valence-electron chi connectivity index (χ0n) is 7.73. The molecule has 0 heterocycles. The van der Waals surface area contributed by atoms with Crippen LogP contribution in [-0.4, -0.2) is 15.0 Å². The van der Waals surface area contributed by atoms with Crippen molar-refractivity contribution in [2.45, 2.75) is 6.92 Å². The zero-order chi connectivity index (χ0) is 12.6. The van der Waals surface area contributed by atoms with E-state index in [1.165, 1.54) is 6.92 Å². The third-order valence-corrected chi connectivity index (χ3v) is 3.41. The Balaban J connectivity index is 3.80. The summed E-state index contributed by atoms with van der Waals surface area (Å²) in [4.78, 5) is 19.8. The smallest absolute Gasteiger partial charge is 0.297 e. The van der Waals surface area contributed by atoms with Crippen LogP contribution in [0.3, 0.4) is 0 Å². The molecule has 0 aliphatic heterocycles. The molecule has 0 saturated carbocycles. The van der Waals surface area contributed by atoms with Crippen LogP contribution in [0.15, 0.2) is 8.95 Å². The molecule has 0 spiro atoms. The largest absolute Gasteiger partial charge is 0.505 e. The summed E-state index contributed by atoms with van der Waals surface area (Å²) < 4.78 is -0.375. The van der Waals surface area contributed by atoms with E-state index in [1.807, 2.05) is 0 Å².